The molecular formula is C12H15ClN2O2. The van der Waals surface area contributed by atoms with Crippen LogP contribution in [0.5, 0.6) is 0 Å². The van der Waals surface area contributed by atoms with E-state index in [1.54, 1.807) is 11.0 Å². The molecular weight excluding hydrogens is 240 g/mol. The summed E-state index contributed by atoms with van der Waals surface area (Å²) in [5.41, 5.74) is 0.185. The van der Waals surface area contributed by atoms with Crippen LogP contribution in [0.2, 0.25) is 5.02 Å². The van der Waals surface area contributed by atoms with Crippen molar-refractivity contribution in [2.75, 3.05) is 25.0 Å². The van der Waals surface area contributed by atoms with Gasteiger partial charge < -0.3 is 10.1 Å². The van der Waals surface area contributed by atoms with Gasteiger partial charge in [0.1, 0.15) is 5.60 Å². The quantitative estimate of drug-likeness (QED) is 0.900. The monoisotopic (exact) mass is 254 g/mol. The minimum atomic E-state index is -0.509. The van der Waals surface area contributed by atoms with Gasteiger partial charge >= 0.3 is 6.09 Å². The number of hydrogen-bond donors (Lipinski definition) is 1. The molecule has 1 amide bonds. The molecule has 1 fully saturated rings. The zero-order valence-electron chi connectivity index (χ0n) is 9.87. The van der Waals surface area contributed by atoms with Crippen LogP contribution in [0.3, 0.4) is 0 Å². The number of para-hydroxylation sites is 1. The van der Waals surface area contributed by atoms with E-state index < -0.39 is 5.60 Å². The number of hydrogen-bond acceptors (Lipinski definition) is 3. The Labute approximate surface area is 106 Å². The number of halogens is 1. The summed E-state index contributed by atoms with van der Waals surface area (Å²) < 4.78 is 5.38. The maximum atomic E-state index is 11.8. The molecule has 1 unspecified atom stereocenters. The van der Waals surface area contributed by atoms with Crippen molar-refractivity contribution in [3.05, 3.63) is 29.3 Å². The van der Waals surface area contributed by atoms with Gasteiger partial charge in [-0.15, -0.1) is 0 Å². The summed E-state index contributed by atoms with van der Waals surface area (Å²) in [7, 11) is 1.83. The molecule has 1 aromatic carbocycles. The van der Waals surface area contributed by atoms with Crippen LogP contribution in [0.15, 0.2) is 24.3 Å². The van der Waals surface area contributed by atoms with E-state index in [1.807, 2.05) is 32.2 Å². The first-order valence-electron chi connectivity index (χ1n) is 5.45. The number of cyclic esters (lactones) is 1. The molecule has 0 spiro atoms. The Hall–Kier alpha value is -1.26. The van der Waals surface area contributed by atoms with E-state index in [0.717, 1.165) is 0 Å². The summed E-state index contributed by atoms with van der Waals surface area (Å²) in [5.74, 6) is 0. The van der Waals surface area contributed by atoms with E-state index in [2.05, 4.69) is 5.32 Å². The van der Waals surface area contributed by atoms with Crippen LogP contribution in [-0.4, -0.2) is 31.8 Å². The Bertz CT molecular complexity index is 438. The number of benzene rings is 1. The first kappa shape index (κ1) is 12.2. The number of nitrogens with zero attached hydrogens (tertiary/aromatic N) is 1. The number of ether oxygens (including phenoxy) is 1. The molecule has 1 aromatic rings. The maximum absolute atomic E-state index is 11.8. The number of carbonyl (C=O) groups is 1. The average Bonchev–Trinajstić information content (AvgIpc) is 2.55. The van der Waals surface area contributed by atoms with Crippen molar-refractivity contribution in [1.82, 2.24) is 5.32 Å². The number of rotatable bonds is 3. The molecule has 1 aliphatic heterocycles. The molecule has 1 atom stereocenters. The molecule has 17 heavy (non-hydrogen) atoms. The molecule has 0 aromatic heterocycles. The van der Waals surface area contributed by atoms with E-state index in [9.17, 15) is 4.79 Å². The predicted molar refractivity (Wildman–Crippen MR) is 67.6 cm³/mol. The van der Waals surface area contributed by atoms with E-state index in [-0.39, 0.29) is 6.09 Å². The molecule has 92 valence electrons. The smallest absolute Gasteiger partial charge is 0.415 e. The normalized spacial score (nSPS) is 23.9. The zero-order valence-corrected chi connectivity index (χ0v) is 10.6. The molecule has 2 rings (SSSR count). The topological polar surface area (TPSA) is 41.6 Å². The molecule has 0 bridgehead atoms. The first-order valence-corrected chi connectivity index (χ1v) is 5.83. The third-order valence-corrected chi connectivity index (χ3v) is 3.06. The van der Waals surface area contributed by atoms with Gasteiger partial charge in [0.2, 0.25) is 0 Å². The molecule has 0 saturated carbocycles. The van der Waals surface area contributed by atoms with Gasteiger partial charge in [-0.05, 0) is 26.1 Å². The first-order chi connectivity index (χ1) is 8.06. The standard InChI is InChI=1S/C12H15ClN2O2/c1-12(7-14-2)8-15(11(16)17-12)10-6-4-3-5-9(10)13/h3-6,14H,7-8H2,1-2H3. The van der Waals surface area contributed by atoms with Gasteiger partial charge in [0, 0.05) is 6.54 Å². The minimum absolute atomic E-state index is 0.351. The van der Waals surface area contributed by atoms with Crippen LogP contribution in [0.4, 0.5) is 10.5 Å². The lowest BCUT2D eigenvalue weighted by molar-refractivity contribution is 0.0734. The molecule has 4 nitrogen and oxygen atoms in total. The number of nitrogens with one attached hydrogen (secondary N) is 1. The fourth-order valence-electron chi connectivity index (χ4n) is 2.02. The summed E-state index contributed by atoms with van der Waals surface area (Å²) in [5, 5.41) is 3.57. The van der Waals surface area contributed by atoms with Crippen LogP contribution in [0, 0.1) is 0 Å². The van der Waals surface area contributed by atoms with Gasteiger partial charge in [0.05, 0.1) is 17.3 Å². The predicted octanol–water partition coefficient (Wildman–Crippen LogP) is 2.27. The Kier molecular flexibility index (Phi) is 3.26. The molecule has 0 radical (unpaired) electrons. The largest absolute Gasteiger partial charge is 0.440 e. The van der Waals surface area contributed by atoms with Crippen LogP contribution >= 0.6 is 11.6 Å². The minimum Gasteiger partial charge on any atom is -0.440 e. The van der Waals surface area contributed by atoms with Gasteiger partial charge in [-0.25, -0.2) is 4.79 Å². The molecule has 1 aliphatic rings. The second kappa shape index (κ2) is 4.55. The van der Waals surface area contributed by atoms with Crippen molar-refractivity contribution in [2.24, 2.45) is 0 Å². The molecule has 1 heterocycles. The lowest BCUT2D eigenvalue weighted by atomic mass is 10.1. The summed E-state index contributed by atoms with van der Waals surface area (Å²) >= 11 is 6.07. The van der Waals surface area contributed by atoms with Crippen molar-refractivity contribution < 1.29 is 9.53 Å². The lowest BCUT2D eigenvalue weighted by Gasteiger charge is -2.21. The zero-order chi connectivity index (χ0) is 12.5. The Morgan fingerprint density at radius 1 is 1.53 bits per heavy atom. The highest BCUT2D eigenvalue weighted by Crippen LogP contribution is 2.32. The molecule has 0 aliphatic carbocycles. The number of likely N-dealkylation sites (N-methyl/N-ethyl adjacent to an activating group) is 1. The molecule has 1 saturated heterocycles. The van der Waals surface area contributed by atoms with Gasteiger partial charge in [0.15, 0.2) is 0 Å². The highest BCUT2D eigenvalue weighted by Gasteiger charge is 2.42. The summed E-state index contributed by atoms with van der Waals surface area (Å²) in [6, 6.07) is 7.26. The maximum Gasteiger partial charge on any atom is 0.415 e. The number of amides is 1. The van der Waals surface area contributed by atoms with Crippen molar-refractivity contribution in [3.63, 3.8) is 0 Å². The Balaban J connectivity index is 2.25. The van der Waals surface area contributed by atoms with Crippen LogP contribution in [0.1, 0.15) is 6.92 Å². The Morgan fingerprint density at radius 2 is 2.24 bits per heavy atom. The molecule has 5 heteroatoms. The Morgan fingerprint density at radius 3 is 2.88 bits per heavy atom. The molecule has 1 N–H and O–H groups in total. The van der Waals surface area contributed by atoms with Crippen LogP contribution in [-0.2, 0) is 4.74 Å². The third kappa shape index (κ3) is 2.37. The highest BCUT2D eigenvalue weighted by molar-refractivity contribution is 6.33. The SMILES string of the molecule is CNCC1(C)CN(c2ccccc2Cl)C(=O)O1. The average molecular weight is 255 g/mol. The van der Waals surface area contributed by atoms with Crippen LogP contribution in [0.25, 0.3) is 0 Å². The second-order valence-corrected chi connectivity index (χ2v) is 4.79. The van der Waals surface area contributed by atoms with E-state index in [0.29, 0.717) is 23.8 Å². The van der Waals surface area contributed by atoms with Gasteiger partial charge in [-0.3, -0.25) is 4.90 Å². The number of anilines is 1. The second-order valence-electron chi connectivity index (χ2n) is 4.39. The van der Waals surface area contributed by atoms with E-state index >= 15 is 0 Å². The van der Waals surface area contributed by atoms with Crippen molar-refractivity contribution in [2.45, 2.75) is 12.5 Å². The van der Waals surface area contributed by atoms with Crippen molar-refractivity contribution in [1.29, 1.82) is 0 Å². The van der Waals surface area contributed by atoms with E-state index in [4.69, 9.17) is 16.3 Å². The van der Waals surface area contributed by atoms with Gasteiger partial charge in [-0.2, -0.15) is 0 Å². The summed E-state index contributed by atoms with van der Waals surface area (Å²) in [6.07, 6.45) is -0.351. The van der Waals surface area contributed by atoms with Crippen molar-refractivity contribution in [3.8, 4) is 0 Å². The summed E-state index contributed by atoms with van der Waals surface area (Å²) in [6.45, 7) is 3.01. The van der Waals surface area contributed by atoms with Crippen LogP contribution < -0.4 is 10.2 Å². The van der Waals surface area contributed by atoms with Gasteiger partial charge in [-0.1, -0.05) is 23.7 Å². The highest BCUT2D eigenvalue weighted by atomic mass is 35.5. The third-order valence-electron chi connectivity index (χ3n) is 2.74. The fraction of sp³-hybridized carbons (Fsp3) is 0.417. The number of carbonyl (C=O) groups excluding carboxylic acids is 1. The van der Waals surface area contributed by atoms with Crippen molar-refractivity contribution >= 4 is 23.4 Å². The fourth-order valence-corrected chi connectivity index (χ4v) is 2.26. The van der Waals surface area contributed by atoms with E-state index in [1.165, 1.54) is 0 Å². The van der Waals surface area contributed by atoms with Gasteiger partial charge in [0.25, 0.3) is 0 Å². The lowest BCUT2D eigenvalue weighted by Crippen LogP contribution is -2.40. The summed E-state index contributed by atoms with van der Waals surface area (Å²) in [4.78, 5) is 13.4.